The normalized spacial score (nSPS) is 11.9. The molecule has 2 aromatic rings. The average molecular weight is 276 g/mol. The lowest BCUT2D eigenvalue weighted by atomic mass is 9.95. The van der Waals surface area contributed by atoms with Crippen LogP contribution in [0.1, 0.15) is 17.2 Å². The summed E-state index contributed by atoms with van der Waals surface area (Å²) < 4.78 is 10.4. The highest BCUT2D eigenvalue weighted by Gasteiger charge is 2.22. The molecule has 0 bridgehead atoms. The van der Waals surface area contributed by atoms with Crippen LogP contribution in [-0.4, -0.2) is 30.7 Å². The monoisotopic (exact) mass is 276 g/mol. The largest absolute Gasteiger partial charge is 0.493 e. The predicted molar refractivity (Wildman–Crippen MR) is 74.0 cm³/mol. The van der Waals surface area contributed by atoms with Gasteiger partial charge in [-0.05, 0) is 29.8 Å². The van der Waals surface area contributed by atoms with E-state index in [1.807, 2.05) is 18.2 Å². The highest BCUT2D eigenvalue weighted by Crippen LogP contribution is 2.32. The van der Waals surface area contributed by atoms with Gasteiger partial charge in [0, 0.05) is 16.8 Å². The smallest absolute Gasteiger partial charge is 0.216 e. The zero-order chi connectivity index (χ0) is 14.5. The van der Waals surface area contributed by atoms with E-state index in [0.717, 1.165) is 11.3 Å². The minimum atomic E-state index is -0.347. The molecular weight excluding hydrogens is 260 g/mol. The van der Waals surface area contributed by atoms with Crippen LogP contribution in [0.5, 0.6) is 11.5 Å². The molecule has 1 heterocycles. The molecule has 1 atom stereocenters. The number of hydrogen-bond acceptors (Lipinski definition) is 4. The van der Waals surface area contributed by atoms with Gasteiger partial charge in [0.1, 0.15) is 0 Å². The maximum Gasteiger partial charge on any atom is 0.216 e. The zero-order valence-corrected chi connectivity index (χ0v) is 11.3. The molecule has 1 aromatic heterocycles. The third kappa shape index (κ3) is 2.90. The maximum atomic E-state index is 10.9. The van der Waals surface area contributed by atoms with Crippen LogP contribution < -0.4 is 9.47 Å². The molecule has 106 valence electrons. The number of aromatic nitrogens is 1. The molecule has 0 radical (unpaired) electrons. The molecule has 0 fully saturated rings. The lowest BCUT2D eigenvalue weighted by molar-refractivity contribution is -0.481. The maximum absolute atomic E-state index is 10.9. The van der Waals surface area contributed by atoms with E-state index in [1.165, 1.54) is 0 Å². The first kappa shape index (κ1) is 13.9. The second-order valence-electron chi connectivity index (χ2n) is 4.31. The third-order valence-corrected chi connectivity index (χ3v) is 3.14. The average Bonchev–Trinajstić information content (AvgIpc) is 2.97. The highest BCUT2D eigenvalue weighted by molar-refractivity contribution is 5.45. The summed E-state index contributed by atoms with van der Waals surface area (Å²) in [5, 5.41) is 10.9. The van der Waals surface area contributed by atoms with Crippen LogP contribution in [0.15, 0.2) is 36.5 Å². The van der Waals surface area contributed by atoms with Crippen molar-refractivity contribution in [2.24, 2.45) is 0 Å². The van der Waals surface area contributed by atoms with Gasteiger partial charge in [0.15, 0.2) is 11.5 Å². The Hall–Kier alpha value is -2.50. The molecule has 6 nitrogen and oxygen atoms in total. The van der Waals surface area contributed by atoms with Gasteiger partial charge >= 0.3 is 0 Å². The summed E-state index contributed by atoms with van der Waals surface area (Å²) in [4.78, 5) is 13.6. The fourth-order valence-corrected chi connectivity index (χ4v) is 2.16. The summed E-state index contributed by atoms with van der Waals surface area (Å²) in [6.07, 6.45) is 1.75. The summed E-state index contributed by atoms with van der Waals surface area (Å²) in [7, 11) is 3.09. The number of aromatic amines is 1. The standard InChI is InChI=1S/C14H16N2O4/c1-19-13-6-5-10(8-14(13)20-2)11(9-16(17)18)12-4-3-7-15-12/h3-8,11,15H,9H2,1-2H3. The van der Waals surface area contributed by atoms with Crippen LogP contribution in [0.4, 0.5) is 0 Å². The predicted octanol–water partition coefficient (Wildman–Crippen LogP) is 2.44. The first-order valence-electron chi connectivity index (χ1n) is 6.12. The highest BCUT2D eigenvalue weighted by atomic mass is 16.6. The number of nitro groups is 1. The molecule has 1 aromatic carbocycles. The summed E-state index contributed by atoms with van der Waals surface area (Å²) in [6.45, 7) is -0.185. The van der Waals surface area contributed by atoms with Crippen molar-refractivity contribution in [3.05, 3.63) is 57.9 Å². The molecule has 0 spiro atoms. The fourth-order valence-electron chi connectivity index (χ4n) is 2.16. The molecule has 2 rings (SSSR count). The van der Waals surface area contributed by atoms with E-state index in [0.29, 0.717) is 11.5 Å². The molecule has 0 amide bonds. The van der Waals surface area contributed by atoms with E-state index in [2.05, 4.69) is 4.98 Å². The number of methoxy groups -OCH3 is 2. The Morgan fingerprint density at radius 3 is 2.55 bits per heavy atom. The van der Waals surface area contributed by atoms with Crippen molar-refractivity contribution in [2.45, 2.75) is 5.92 Å². The fraction of sp³-hybridized carbons (Fsp3) is 0.286. The second-order valence-corrected chi connectivity index (χ2v) is 4.31. The first-order chi connectivity index (χ1) is 9.65. The number of ether oxygens (including phenoxy) is 2. The van der Waals surface area contributed by atoms with Crippen LogP contribution in [0, 0.1) is 10.1 Å². The van der Waals surface area contributed by atoms with Gasteiger partial charge in [-0.25, -0.2) is 0 Å². The van der Waals surface area contributed by atoms with Crippen LogP contribution in [-0.2, 0) is 0 Å². The van der Waals surface area contributed by atoms with Crippen molar-refractivity contribution in [3.63, 3.8) is 0 Å². The number of nitrogens with one attached hydrogen (secondary N) is 1. The van der Waals surface area contributed by atoms with Gasteiger partial charge in [-0.15, -0.1) is 0 Å². The molecule has 0 saturated carbocycles. The van der Waals surface area contributed by atoms with Crippen LogP contribution in [0.2, 0.25) is 0 Å². The summed E-state index contributed by atoms with van der Waals surface area (Å²) in [5.41, 5.74) is 1.61. The van der Waals surface area contributed by atoms with E-state index in [9.17, 15) is 10.1 Å². The quantitative estimate of drug-likeness (QED) is 0.649. The van der Waals surface area contributed by atoms with Crippen molar-refractivity contribution >= 4 is 0 Å². The van der Waals surface area contributed by atoms with Gasteiger partial charge < -0.3 is 14.5 Å². The van der Waals surface area contributed by atoms with E-state index in [1.54, 1.807) is 32.5 Å². The molecular formula is C14H16N2O4. The van der Waals surface area contributed by atoms with Crippen LogP contribution >= 0.6 is 0 Å². The Morgan fingerprint density at radius 1 is 1.25 bits per heavy atom. The molecule has 20 heavy (non-hydrogen) atoms. The topological polar surface area (TPSA) is 77.4 Å². The number of nitrogens with zero attached hydrogens (tertiary/aromatic N) is 1. The van der Waals surface area contributed by atoms with Gasteiger partial charge in [0.25, 0.3) is 0 Å². The van der Waals surface area contributed by atoms with Gasteiger partial charge in [-0.2, -0.15) is 0 Å². The van der Waals surface area contributed by atoms with E-state index in [-0.39, 0.29) is 17.4 Å². The van der Waals surface area contributed by atoms with Crippen molar-refractivity contribution < 1.29 is 14.4 Å². The Morgan fingerprint density at radius 2 is 2.00 bits per heavy atom. The van der Waals surface area contributed by atoms with Crippen molar-refractivity contribution in [1.29, 1.82) is 0 Å². The van der Waals surface area contributed by atoms with Gasteiger partial charge in [0.2, 0.25) is 6.54 Å². The van der Waals surface area contributed by atoms with E-state index >= 15 is 0 Å². The number of benzene rings is 1. The van der Waals surface area contributed by atoms with Crippen LogP contribution in [0.3, 0.4) is 0 Å². The summed E-state index contributed by atoms with van der Waals surface area (Å²) in [5.74, 6) is 0.812. The third-order valence-electron chi connectivity index (χ3n) is 3.14. The molecule has 0 aliphatic heterocycles. The zero-order valence-electron chi connectivity index (χ0n) is 11.3. The number of hydrogen-bond donors (Lipinski definition) is 1. The van der Waals surface area contributed by atoms with Gasteiger partial charge in [0.05, 0.1) is 20.1 Å². The van der Waals surface area contributed by atoms with Crippen molar-refractivity contribution in [1.82, 2.24) is 4.98 Å². The minimum Gasteiger partial charge on any atom is -0.493 e. The second kappa shape index (κ2) is 6.10. The Kier molecular flexibility index (Phi) is 4.24. The summed E-state index contributed by atoms with van der Waals surface area (Å²) in [6, 6.07) is 9.00. The lowest BCUT2D eigenvalue weighted by Crippen LogP contribution is -2.14. The van der Waals surface area contributed by atoms with Gasteiger partial charge in [-0.1, -0.05) is 6.07 Å². The number of H-pyrrole nitrogens is 1. The van der Waals surface area contributed by atoms with E-state index < -0.39 is 0 Å². The summed E-state index contributed by atoms with van der Waals surface area (Å²) >= 11 is 0. The SMILES string of the molecule is COc1ccc(C(C[N+](=O)[O-])c2ccc[nH]2)cc1OC. The Balaban J connectivity index is 2.41. The molecule has 0 aliphatic carbocycles. The molecule has 1 N–H and O–H groups in total. The Bertz CT molecular complexity index is 581. The van der Waals surface area contributed by atoms with Gasteiger partial charge in [-0.3, -0.25) is 10.1 Å². The lowest BCUT2D eigenvalue weighted by Gasteiger charge is -2.15. The molecule has 0 aliphatic rings. The molecule has 6 heteroatoms. The van der Waals surface area contributed by atoms with Crippen molar-refractivity contribution in [2.75, 3.05) is 20.8 Å². The van der Waals surface area contributed by atoms with Crippen LogP contribution in [0.25, 0.3) is 0 Å². The number of rotatable bonds is 6. The molecule has 0 saturated heterocycles. The Labute approximate surface area is 116 Å². The molecule has 1 unspecified atom stereocenters. The van der Waals surface area contributed by atoms with E-state index in [4.69, 9.17) is 9.47 Å². The van der Waals surface area contributed by atoms with Crippen molar-refractivity contribution in [3.8, 4) is 11.5 Å². The minimum absolute atomic E-state index is 0.185. The first-order valence-corrected chi connectivity index (χ1v) is 6.12.